The highest BCUT2D eigenvalue weighted by molar-refractivity contribution is 5.94. The van der Waals surface area contributed by atoms with Crippen molar-refractivity contribution in [2.75, 3.05) is 32.6 Å². The number of amides is 1. The van der Waals surface area contributed by atoms with Crippen LogP contribution >= 0.6 is 0 Å². The molecule has 0 aromatic heterocycles. The van der Waals surface area contributed by atoms with Crippen molar-refractivity contribution in [1.82, 2.24) is 5.32 Å². The largest absolute Gasteiger partial charge is 0.399 e. The Morgan fingerprint density at radius 2 is 2.22 bits per heavy atom. The van der Waals surface area contributed by atoms with Gasteiger partial charge in [-0.1, -0.05) is 0 Å². The van der Waals surface area contributed by atoms with E-state index >= 15 is 0 Å². The van der Waals surface area contributed by atoms with Gasteiger partial charge in [0, 0.05) is 37.9 Å². The third kappa shape index (κ3) is 2.80. The van der Waals surface area contributed by atoms with E-state index < -0.39 is 0 Å². The first-order chi connectivity index (χ1) is 8.65. The molecule has 18 heavy (non-hydrogen) atoms. The van der Waals surface area contributed by atoms with Crippen LogP contribution in [0.4, 0.5) is 5.69 Å². The third-order valence-electron chi connectivity index (χ3n) is 3.24. The van der Waals surface area contributed by atoms with Crippen molar-refractivity contribution in [3.63, 3.8) is 0 Å². The van der Waals surface area contributed by atoms with Gasteiger partial charge in [0.15, 0.2) is 0 Å². The van der Waals surface area contributed by atoms with Crippen LogP contribution in [-0.4, -0.2) is 38.4 Å². The van der Waals surface area contributed by atoms with Crippen LogP contribution in [-0.2, 0) is 9.47 Å². The molecule has 0 radical (unpaired) electrons. The molecule has 1 aliphatic heterocycles. The van der Waals surface area contributed by atoms with Crippen molar-refractivity contribution in [1.29, 1.82) is 0 Å². The molecule has 1 atom stereocenters. The Labute approximate surface area is 106 Å². The standard InChI is InChI=1S/C13H18N2O3/c1-17-13(6-7-18-9-13)8-15-12(16)10-2-4-11(14)5-3-10/h2-5H,6-9,14H2,1H3,(H,15,16). The number of nitrogen functional groups attached to an aromatic ring is 1. The smallest absolute Gasteiger partial charge is 0.251 e. The molecule has 0 aliphatic carbocycles. The summed E-state index contributed by atoms with van der Waals surface area (Å²) in [4.78, 5) is 11.9. The summed E-state index contributed by atoms with van der Waals surface area (Å²) in [6.45, 7) is 1.64. The Balaban J connectivity index is 1.93. The number of benzene rings is 1. The molecule has 98 valence electrons. The van der Waals surface area contributed by atoms with E-state index in [9.17, 15) is 4.79 Å². The number of hydrogen-bond donors (Lipinski definition) is 2. The number of anilines is 1. The number of carbonyl (C=O) groups is 1. The second-order valence-electron chi connectivity index (χ2n) is 4.49. The minimum Gasteiger partial charge on any atom is -0.399 e. The number of carbonyl (C=O) groups excluding carboxylic acids is 1. The summed E-state index contributed by atoms with van der Waals surface area (Å²) in [6.07, 6.45) is 0.797. The predicted octanol–water partition coefficient (Wildman–Crippen LogP) is 0.804. The minimum absolute atomic E-state index is 0.127. The van der Waals surface area contributed by atoms with E-state index in [0.29, 0.717) is 31.0 Å². The van der Waals surface area contributed by atoms with Crippen LogP contribution in [0, 0.1) is 0 Å². The Hall–Kier alpha value is -1.59. The fourth-order valence-electron chi connectivity index (χ4n) is 1.94. The number of ether oxygens (including phenoxy) is 2. The Bertz CT molecular complexity index is 411. The lowest BCUT2D eigenvalue weighted by molar-refractivity contribution is -0.0148. The van der Waals surface area contributed by atoms with E-state index in [1.54, 1.807) is 31.4 Å². The van der Waals surface area contributed by atoms with Crippen LogP contribution in [0.5, 0.6) is 0 Å². The zero-order valence-corrected chi connectivity index (χ0v) is 10.4. The number of methoxy groups -OCH3 is 1. The van der Waals surface area contributed by atoms with Crippen LogP contribution in [0.15, 0.2) is 24.3 Å². The second-order valence-corrected chi connectivity index (χ2v) is 4.49. The van der Waals surface area contributed by atoms with Gasteiger partial charge < -0.3 is 20.5 Å². The van der Waals surface area contributed by atoms with Crippen molar-refractivity contribution >= 4 is 11.6 Å². The molecule has 3 N–H and O–H groups in total. The highest BCUT2D eigenvalue weighted by atomic mass is 16.5. The van der Waals surface area contributed by atoms with Crippen molar-refractivity contribution in [3.05, 3.63) is 29.8 Å². The summed E-state index contributed by atoms with van der Waals surface area (Å²) in [7, 11) is 1.64. The van der Waals surface area contributed by atoms with E-state index in [0.717, 1.165) is 6.42 Å². The molecule has 1 saturated heterocycles. The molecule has 1 aromatic rings. The molecule has 1 unspecified atom stereocenters. The lowest BCUT2D eigenvalue weighted by Gasteiger charge is -2.25. The minimum atomic E-state index is -0.385. The summed E-state index contributed by atoms with van der Waals surface area (Å²) >= 11 is 0. The maximum Gasteiger partial charge on any atom is 0.251 e. The van der Waals surface area contributed by atoms with E-state index in [2.05, 4.69) is 5.32 Å². The summed E-state index contributed by atoms with van der Waals surface area (Å²) in [5, 5.41) is 2.87. The molecular weight excluding hydrogens is 232 g/mol. The monoisotopic (exact) mass is 250 g/mol. The average molecular weight is 250 g/mol. The highest BCUT2D eigenvalue weighted by Crippen LogP contribution is 2.21. The number of nitrogens with two attached hydrogens (primary N) is 1. The molecule has 5 heteroatoms. The van der Waals surface area contributed by atoms with E-state index in [4.69, 9.17) is 15.2 Å². The first-order valence-corrected chi connectivity index (χ1v) is 5.92. The third-order valence-corrected chi connectivity index (χ3v) is 3.24. The molecule has 0 bridgehead atoms. The molecule has 1 fully saturated rings. The van der Waals surface area contributed by atoms with Crippen LogP contribution in [0.1, 0.15) is 16.8 Å². The van der Waals surface area contributed by atoms with Gasteiger partial charge in [0.2, 0.25) is 0 Å². The fourth-order valence-corrected chi connectivity index (χ4v) is 1.94. The molecule has 0 saturated carbocycles. The second kappa shape index (κ2) is 5.37. The Kier molecular flexibility index (Phi) is 3.84. The molecule has 2 rings (SSSR count). The Morgan fingerprint density at radius 3 is 2.78 bits per heavy atom. The maximum absolute atomic E-state index is 11.9. The quantitative estimate of drug-likeness (QED) is 0.775. The first-order valence-electron chi connectivity index (χ1n) is 5.92. The van der Waals surface area contributed by atoms with Crippen LogP contribution in [0.2, 0.25) is 0 Å². The van der Waals surface area contributed by atoms with Gasteiger partial charge in [-0.2, -0.15) is 0 Å². The fraction of sp³-hybridized carbons (Fsp3) is 0.462. The normalized spacial score (nSPS) is 22.9. The number of nitrogens with one attached hydrogen (secondary N) is 1. The van der Waals surface area contributed by atoms with Gasteiger partial charge in [0.05, 0.1) is 6.61 Å². The molecule has 1 aliphatic rings. The topological polar surface area (TPSA) is 73.6 Å². The van der Waals surface area contributed by atoms with Gasteiger partial charge in [-0.15, -0.1) is 0 Å². The number of rotatable bonds is 4. The highest BCUT2D eigenvalue weighted by Gasteiger charge is 2.35. The molecule has 1 heterocycles. The molecule has 0 spiro atoms. The van der Waals surface area contributed by atoms with Crippen LogP contribution in [0.3, 0.4) is 0 Å². The molecule has 1 amide bonds. The lowest BCUT2D eigenvalue weighted by atomic mass is 10.0. The zero-order valence-electron chi connectivity index (χ0n) is 10.4. The van der Waals surface area contributed by atoms with E-state index in [1.807, 2.05) is 0 Å². The summed E-state index contributed by atoms with van der Waals surface area (Å²) in [6, 6.07) is 6.82. The van der Waals surface area contributed by atoms with Crippen molar-refractivity contribution < 1.29 is 14.3 Å². The molecule has 1 aromatic carbocycles. The zero-order chi connectivity index (χ0) is 13.0. The van der Waals surface area contributed by atoms with Crippen molar-refractivity contribution in [3.8, 4) is 0 Å². The SMILES string of the molecule is COC1(CNC(=O)c2ccc(N)cc2)CCOC1. The van der Waals surface area contributed by atoms with Gasteiger partial charge in [-0.05, 0) is 24.3 Å². The van der Waals surface area contributed by atoms with Gasteiger partial charge in [0.1, 0.15) is 5.60 Å². The Morgan fingerprint density at radius 1 is 1.50 bits per heavy atom. The van der Waals surface area contributed by atoms with Crippen molar-refractivity contribution in [2.24, 2.45) is 0 Å². The average Bonchev–Trinajstić information content (AvgIpc) is 2.86. The predicted molar refractivity (Wildman–Crippen MR) is 68.4 cm³/mol. The first kappa shape index (κ1) is 12.9. The van der Waals surface area contributed by atoms with Gasteiger partial charge >= 0.3 is 0 Å². The molecule has 5 nitrogen and oxygen atoms in total. The summed E-state index contributed by atoms with van der Waals surface area (Å²) in [5.41, 5.74) is 6.42. The maximum atomic E-state index is 11.9. The lowest BCUT2D eigenvalue weighted by Crippen LogP contribution is -2.45. The van der Waals surface area contributed by atoms with Crippen LogP contribution < -0.4 is 11.1 Å². The van der Waals surface area contributed by atoms with Crippen molar-refractivity contribution in [2.45, 2.75) is 12.0 Å². The van der Waals surface area contributed by atoms with E-state index in [1.165, 1.54) is 0 Å². The van der Waals surface area contributed by atoms with Gasteiger partial charge in [0.25, 0.3) is 5.91 Å². The van der Waals surface area contributed by atoms with Gasteiger partial charge in [-0.3, -0.25) is 4.79 Å². The summed E-state index contributed by atoms with van der Waals surface area (Å²) in [5.74, 6) is -0.127. The van der Waals surface area contributed by atoms with E-state index in [-0.39, 0.29) is 11.5 Å². The number of hydrogen-bond acceptors (Lipinski definition) is 4. The van der Waals surface area contributed by atoms with Gasteiger partial charge in [-0.25, -0.2) is 0 Å². The van der Waals surface area contributed by atoms with Crippen LogP contribution in [0.25, 0.3) is 0 Å². The summed E-state index contributed by atoms with van der Waals surface area (Å²) < 4.78 is 10.8. The molecular formula is C13H18N2O3.